The Morgan fingerprint density at radius 3 is 2.35 bits per heavy atom. The van der Waals surface area contributed by atoms with Crippen LogP contribution in [0.2, 0.25) is 0 Å². The lowest BCUT2D eigenvalue weighted by Gasteiger charge is -2.11. The van der Waals surface area contributed by atoms with Crippen LogP contribution in [0.25, 0.3) is 10.9 Å². The first-order valence-corrected chi connectivity index (χ1v) is 8.60. The number of aromatic amines is 1. The van der Waals surface area contributed by atoms with Gasteiger partial charge in [0, 0.05) is 25.8 Å². The van der Waals surface area contributed by atoms with E-state index in [0.717, 1.165) is 11.1 Å². The molecule has 1 aromatic heterocycles. The third-order valence-electron chi connectivity index (χ3n) is 3.75. The van der Waals surface area contributed by atoms with Gasteiger partial charge in [-0.15, -0.1) is 0 Å². The normalized spacial score (nSPS) is 10.0. The molecular formula is C21H24N2O3. The van der Waals surface area contributed by atoms with Gasteiger partial charge in [0.1, 0.15) is 12.4 Å². The number of aromatic nitrogens is 1. The first kappa shape index (κ1) is 19.2. The van der Waals surface area contributed by atoms with Crippen molar-refractivity contribution in [3.05, 3.63) is 65.9 Å². The van der Waals surface area contributed by atoms with Gasteiger partial charge in [0.15, 0.2) is 0 Å². The summed E-state index contributed by atoms with van der Waals surface area (Å²) in [5.41, 5.74) is 2.12. The molecule has 2 aromatic carbocycles. The van der Waals surface area contributed by atoms with Crippen molar-refractivity contribution < 1.29 is 14.3 Å². The minimum absolute atomic E-state index is 0.326. The number of carbonyl (C=O) groups is 2. The molecule has 1 heterocycles. The number of carbonyl (C=O) groups excluding carboxylic acids is 2. The Morgan fingerprint density at radius 2 is 1.69 bits per heavy atom. The smallest absolute Gasteiger partial charge is 0.294 e. The average Bonchev–Trinajstić information content (AvgIpc) is 3.12. The van der Waals surface area contributed by atoms with E-state index in [1.165, 1.54) is 4.90 Å². The molecule has 0 saturated heterocycles. The molecule has 0 saturated carbocycles. The highest BCUT2D eigenvalue weighted by Gasteiger charge is 2.23. The predicted octanol–water partition coefficient (Wildman–Crippen LogP) is 4.04. The molecule has 5 heteroatoms. The maximum atomic E-state index is 12.4. The molecule has 0 aliphatic rings. The maximum Gasteiger partial charge on any atom is 0.294 e. The van der Waals surface area contributed by atoms with E-state index >= 15 is 0 Å². The van der Waals surface area contributed by atoms with Gasteiger partial charge in [-0.2, -0.15) is 0 Å². The van der Waals surface area contributed by atoms with Crippen LogP contribution in [-0.2, 0) is 11.4 Å². The number of amides is 1. The van der Waals surface area contributed by atoms with E-state index in [2.05, 4.69) is 4.98 Å². The molecule has 5 nitrogen and oxygen atoms in total. The average molecular weight is 352 g/mol. The van der Waals surface area contributed by atoms with Crippen molar-refractivity contribution >= 4 is 22.6 Å². The monoisotopic (exact) mass is 352 g/mol. The van der Waals surface area contributed by atoms with E-state index in [1.807, 2.05) is 56.3 Å². The predicted molar refractivity (Wildman–Crippen MR) is 103 cm³/mol. The summed E-state index contributed by atoms with van der Waals surface area (Å²) in [6.07, 6.45) is 1.56. The van der Waals surface area contributed by atoms with Crippen molar-refractivity contribution in [1.29, 1.82) is 0 Å². The molecule has 0 radical (unpaired) electrons. The zero-order valence-corrected chi connectivity index (χ0v) is 15.6. The molecule has 136 valence electrons. The van der Waals surface area contributed by atoms with Crippen molar-refractivity contribution in [1.82, 2.24) is 9.88 Å². The van der Waals surface area contributed by atoms with E-state index in [0.29, 0.717) is 23.3 Å². The van der Waals surface area contributed by atoms with Crippen LogP contribution in [0.3, 0.4) is 0 Å². The summed E-state index contributed by atoms with van der Waals surface area (Å²) in [6.45, 7) is 4.39. The number of benzene rings is 2. The number of nitrogens with one attached hydrogen (secondary N) is 1. The second-order valence-electron chi connectivity index (χ2n) is 5.68. The molecule has 1 amide bonds. The summed E-state index contributed by atoms with van der Waals surface area (Å²) in [4.78, 5) is 28.7. The minimum Gasteiger partial charge on any atom is -0.488 e. The minimum atomic E-state index is -0.561. The molecule has 0 fully saturated rings. The van der Waals surface area contributed by atoms with Crippen LogP contribution < -0.4 is 4.74 Å². The van der Waals surface area contributed by atoms with Crippen LogP contribution in [-0.4, -0.2) is 35.7 Å². The van der Waals surface area contributed by atoms with E-state index in [4.69, 9.17) is 4.74 Å². The van der Waals surface area contributed by atoms with E-state index < -0.39 is 11.7 Å². The van der Waals surface area contributed by atoms with E-state index in [9.17, 15) is 9.59 Å². The van der Waals surface area contributed by atoms with Crippen molar-refractivity contribution in [2.75, 3.05) is 14.1 Å². The maximum absolute atomic E-state index is 12.4. The van der Waals surface area contributed by atoms with Crippen molar-refractivity contribution in [3.8, 4) is 5.75 Å². The molecule has 3 rings (SSSR count). The summed E-state index contributed by atoms with van der Waals surface area (Å²) >= 11 is 0. The topological polar surface area (TPSA) is 62.4 Å². The summed E-state index contributed by atoms with van der Waals surface area (Å²) in [5, 5.41) is 0.633. The molecular weight excluding hydrogens is 328 g/mol. The highest BCUT2D eigenvalue weighted by atomic mass is 16.5. The standard InChI is InChI=1S/C19H18N2O3.C2H6/c1-21(2)19(23)18(22)14-11-20-15-9-6-10-16(17(14)15)24-12-13-7-4-3-5-8-13;1-2/h3-11,20H,12H2,1-2H3;1-2H3. The Kier molecular flexibility index (Phi) is 6.55. The van der Waals surface area contributed by atoms with Gasteiger partial charge in [-0.25, -0.2) is 0 Å². The van der Waals surface area contributed by atoms with Gasteiger partial charge in [-0.05, 0) is 17.7 Å². The Bertz CT molecular complexity index is 883. The Hall–Kier alpha value is -3.08. The Morgan fingerprint density at radius 1 is 1.00 bits per heavy atom. The summed E-state index contributed by atoms with van der Waals surface area (Å²) in [5.74, 6) is -0.539. The number of hydrogen-bond donors (Lipinski definition) is 1. The van der Waals surface area contributed by atoms with Gasteiger partial charge in [0.05, 0.1) is 10.9 Å². The van der Waals surface area contributed by atoms with Crippen LogP contribution in [0.1, 0.15) is 29.8 Å². The third-order valence-corrected chi connectivity index (χ3v) is 3.75. The number of ether oxygens (including phenoxy) is 1. The fourth-order valence-electron chi connectivity index (χ4n) is 2.50. The SMILES string of the molecule is CC.CN(C)C(=O)C(=O)c1c[nH]c2cccc(OCc3ccccc3)c12. The quantitative estimate of drug-likeness (QED) is 0.557. The second-order valence-corrected chi connectivity index (χ2v) is 5.68. The number of H-pyrrole nitrogens is 1. The van der Waals surface area contributed by atoms with Crippen LogP contribution in [0.15, 0.2) is 54.7 Å². The van der Waals surface area contributed by atoms with Crippen molar-refractivity contribution in [3.63, 3.8) is 0 Å². The molecule has 3 aromatic rings. The molecule has 0 bridgehead atoms. The van der Waals surface area contributed by atoms with Gasteiger partial charge >= 0.3 is 0 Å². The van der Waals surface area contributed by atoms with Gasteiger partial charge in [-0.3, -0.25) is 9.59 Å². The van der Waals surface area contributed by atoms with E-state index in [1.54, 1.807) is 26.4 Å². The zero-order valence-electron chi connectivity index (χ0n) is 15.6. The van der Waals surface area contributed by atoms with Gasteiger partial charge < -0.3 is 14.6 Å². The molecule has 1 N–H and O–H groups in total. The molecule has 26 heavy (non-hydrogen) atoms. The molecule has 0 spiro atoms. The lowest BCUT2D eigenvalue weighted by molar-refractivity contribution is -0.124. The molecule has 0 aliphatic carbocycles. The number of fused-ring (bicyclic) bond motifs is 1. The van der Waals surface area contributed by atoms with Crippen LogP contribution in [0.5, 0.6) is 5.75 Å². The largest absolute Gasteiger partial charge is 0.488 e. The van der Waals surface area contributed by atoms with Gasteiger partial charge in [0.2, 0.25) is 0 Å². The molecule has 0 unspecified atom stereocenters. The number of hydrogen-bond acceptors (Lipinski definition) is 3. The lowest BCUT2D eigenvalue weighted by Crippen LogP contribution is -2.29. The highest BCUT2D eigenvalue weighted by Crippen LogP contribution is 2.30. The first-order valence-electron chi connectivity index (χ1n) is 8.60. The second kappa shape index (κ2) is 8.85. The summed E-state index contributed by atoms with van der Waals surface area (Å²) in [6, 6.07) is 15.3. The summed E-state index contributed by atoms with van der Waals surface area (Å²) < 4.78 is 5.90. The first-order chi connectivity index (χ1) is 12.6. The van der Waals surface area contributed by atoms with Crippen molar-refractivity contribution in [2.45, 2.75) is 20.5 Å². The van der Waals surface area contributed by atoms with Gasteiger partial charge in [-0.1, -0.05) is 50.2 Å². The third kappa shape index (κ3) is 4.11. The highest BCUT2D eigenvalue weighted by molar-refractivity contribution is 6.45. The number of ketones is 1. The fourth-order valence-corrected chi connectivity index (χ4v) is 2.50. The fraction of sp³-hybridized carbons (Fsp3) is 0.238. The van der Waals surface area contributed by atoms with Crippen LogP contribution >= 0.6 is 0 Å². The van der Waals surface area contributed by atoms with Crippen LogP contribution in [0.4, 0.5) is 0 Å². The molecule has 0 aliphatic heterocycles. The van der Waals surface area contributed by atoms with Gasteiger partial charge in [0.25, 0.3) is 11.7 Å². The van der Waals surface area contributed by atoms with Crippen LogP contribution in [0, 0.1) is 0 Å². The summed E-state index contributed by atoms with van der Waals surface area (Å²) in [7, 11) is 3.11. The number of nitrogens with zero attached hydrogens (tertiary/aromatic N) is 1. The van der Waals surface area contributed by atoms with Crippen molar-refractivity contribution in [2.24, 2.45) is 0 Å². The molecule has 0 atom stereocenters. The van der Waals surface area contributed by atoms with E-state index in [-0.39, 0.29) is 0 Å². The number of rotatable bonds is 5. The number of likely N-dealkylation sites (N-methyl/N-ethyl adjacent to an activating group) is 1. The Labute approximate surface area is 153 Å². The number of Topliss-reactive ketones (excluding diaryl/α,β-unsaturated/α-hetero) is 1. The Balaban J connectivity index is 0.00000117. The lowest BCUT2D eigenvalue weighted by atomic mass is 10.1. The zero-order chi connectivity index (χ0) is 19.1.